The number of hydrogen-bond acceptors (Lipinski definition) is 4. The maximum Gasteiger partial charge on any atom is 0.236 e. The SMILES string of the molecule is CCN(CC1CCN(c2ccccn2)CC1)C(=O)CNC.Cl. The van der Waals surface area contributed by atoms with Gasteiger partial charge in [0, 0.05) is 32.4 Å². The van der Waals surface area contributed by atoms with E-state index in [1.165, 1.54) is 0 Å². The molecule has 1 aromatic heterocycles. The third kappa shape index (κ3) is 5.14. The minimum absolute atomic E-state index is 0. The van der Waals surface area contributed by atoms with Crippen molar-refractivity contribution in [3.05, 3.63) is 24.4 Å². The third-order valence-corrected chi connectivity index (χ3v) is 4.13. The van der Waals surface area contributed by atoms with Crippen molar-refractivity contribution in [1.29, 1.82) is 0 Å². The Morgan fingerprint density at radius 3 is 2.68 bits per heavy atom. The first-order valence-electron chi connectivity index (χ1n) is 7.83. The van der Waals surface area contributed by atoms with Crippen LogP contribution < -0.4 is 10.2 Å². The summed E-state index contributed by atoms with van der Waals surface area (Å²) in [5.74, 6) is 1.87. The largest absolute Gasteiger partial charge is 0.357 e. The predicted molar refractivity (Wildman–Crippen MR) is 92.6 cm³/mol. The summed E-state index contributed by atoms with van der Waals surface area (Å²) in [5, 5.41) is 2.94. The maximum atomic E-state index is 12.0. The van der Waals surface area contributed by atoms with Crippen molar-refractivity contribution < 1.29 is 4.79 Å². The van der Waals surface area contributed by atoms with Crippen molar-refractivity contribution in [2.75, 3.05) is 44.7 Å². The zero-order valence-corrected chi connectivity index (χ0v) is 14.3. The summed E-state index contributed by atoms with van der Waals surface area (Å²) in [6, 6.07) is 6.04. The van der Waals surface area contributed by atoms with E-state index >= 15 is 0 Å². The molecule has 1 N–H and O–H groups in total. The number of pyridine rings is 1. The van der Waals surface area contributed by atoms with Gasteiger partial charge in [0.25, 0.3) is 0 Å². The molecule has 1 fully saturated rings. The number of nitrogens with one attached hydrogen (secondary N) is 1. The highest BCUT2D eigenvalue weighted by Gasteiger charge is 2.23. The van der Waals surface area contributed by atoms with Crippen LogP contribution in [0.25, 0.3) is 0 Å². The lowest BCUT2D eigenvalue weighted by molar-refractivity contribution is -0.130. The highest BCUT2D eigenvalue weighted by atomic mass is 35.5. The van der Waals surface area contributed by atoms with Crippen molar-refractivity contribution >= 4 is 24.1 Å². The van der Waals surface area contributed by atoms with Gasteiger partial charge in [-0.3, -0.25) is 4.79 Å². The van der Waals surface area contributed by atoms with Crippen LogP contribution >= 0.6 is 12.4 Å². The quantitative estimate of drug-likeness (QED) is 0.866. The number of halogens is 1. The van der Waals surface area contributed by atoms with Gasteiger partial charge in [0.2, 0.25) is 5.91 Å². The molecule has 0 atom stereocenters. The first-order valence-corrected chi connectivity index (χ1v) is 7.83. The van der Waals surface area contributed by atoms with Gasteiger partial charge in [-0.2, -0.15) is 0 Å². The van der Waals surface area contributed by atoms with Crippen LogP contribution in [0.1, 0.15) is 19.8 Å². The first-order chi connectivity index (χ1) is 10.2. The highest BCUT2D eigenvalue weighted by Crippen LogP contribution is 2.22. The summed E-state index contributed by atoms with van der Waals surface area (Å²) in [4.78, 5) is 20.7. The van der Waals surface area contributed by atoms with E-state index in [4.69, 9.17) is 0 Å². The van der Waals surface area contributed by atoms with Crippen LogP contribution in [0.3, 0.4) is 0 Å². The predicted octanol–water partition coefficient (Wildman–Crippen LogP) is 1.79. The molecule has 5 nitrogen and oxygen atoms in total. The fourth-order valence-corrected chi connectivity index (χ4v) is 2.87. The Kier molecular flexibility index (Phi) is 8.20. The van der Waals surface area contributed by atoms with Gasteiger partial charge >= 0.3 is 0 Å². The Morgan fingerprint density at radius 2 is 2.14 bits per heavy atom. The number of piperidine rings is 1. The molecule has 1 amide bonds. The molecular formula is C16H27ClN4O. The first kappa shape index (κ1) is 18.7. The fourth-order valence-electron chi connectivity index (χ4n) is 2.87. The number of likely N-dealkylation sites (N-methyl/N-ethyl adjacent to an activating group) is 2. The second-order valence-corrected chi connectivity index (χ2v) is 5.58. The van der Waals surface area contributed by atoms with Gasteiger partial charge in [0.05, 0.1) is 6.54 Å². The van der Waals surface area contributed by atoms with E-state index in [1.807, 2.05) is 30.3 Å². The molecule has 0 aromatic carbocycles. The molecular weight excluding hydrogens is 300 g/mol. The van der Waals surface area contributed by atoms with E-state index < -0.39 is 0 Å². The van der Waals surface area contributed by atoms with E-state index in [2.05, 4.69) is 28.2 Å². The number of aromatic nitrogens is 1. The van der Waals surface area contributed by atoms with Crippen LogP contribution in [0.2, 0.25) is 0 Å². The lowest BCUT2D eigenvalue weighted by Crippen LogP contribution is -2.43. The standard InChI is InChI=1S/C16H26N4O.ClH/c1-3-19(16(21)12-17-2)13-14-7-10-20(11-8-14)15-6-4-5-9-18-15;/h4-6,9,14,17H,3,7-8,10-13H2,1-2H3;1H. The molecule has 1 saturated heterocycles. The van der Waals surface area contributed by atoms with Crippen LogP contribution in [-0.4, -0.2) is 55.6 Å². The van der Waals surface area contributed by atoms with Crippen molar-refractivity contribution in [2.24, 2.45) is 5.92 Å². The molecule has 0 radical (unpaired) electrons. The van der Waals surface area contributed by atoms with E-state index in [-0.39, 0.29) is 18.3 Å². The van der Waals surface area contributed by atoms with Gasteiger partial charge in [0.15, 0.2) is 0 Å². The average molecular weight is 327 g/mol. The lowest BCUT2D eigenvalue weighted by Gasteiger charge is -2.35. The Hall–Kier alpha value is -1.33. The molecule has 22 heavy (non-hydrogen) atoms. The zero-order chi connectivity index (χ0) is 15.1. The lowest BCUT2D eigenvalue weighted by atomic mass is 9.96. The number of hydrogen-bond donors (Lipinski definition) is 1. The highest BCUT2D eigenvalue weighted by molar-refractivity contribution is 5.85. The van der Waals surface area contributed by atoms with E-state index in [0.29, 0.717) is 12.5 Å². The van der Waals surface area contributed by atoms with E-state index in [9.17, 15) is 4.79 Å². The Balaban J connectivity index is 0.00000242. The van der Waals surface area contributed by atoms with Crippen molar-refractivity contribution in [3.63, 3.8) is 0 Å². The molecule has 2 heterocycles. The van der Waals surface area contributed by atoms with Gasteiger partial charge in [-0.15, -0.1) is 12.4 Å². The summed E-state index contributed by atoms with van der Waals surface area (Å²) < 4.78 is 0. The second-order valence-electron chi connectivity index (χ2n) is 5.58. The monoisotopic (exact) mass is 326 g/mol. The third-order valence-electron chi connectivity index (χ3n) is 4.13. The summed E-state index contributed by atoms with van der Waals surface area (Å²) in [6.07, 6.45) is 4.09. The summed E-state index contributed by atoms with van der Waals surface area (Å²) in [7, 11) is 1.82. The molecule has 2 rings (SSSR count). The van der Waals surface area contributed by atoms with Crippen LogP contribution in [0.15, 0.2) is 24.4 Å². The molecule has 0 unspecified atom stereocenters. The van der Waals surface area contributed by atoms with Crippen LogP contribution in [0.4, 0.5) is 5.82 Å². The fraction of sp³-hybridized carbons (Fsp3) is 0.625. The molecule has 0 bridgehead atoms. The minimum Gasteiger partial charge on any atom is -0.357 e. The summed E-state index contributed by atoms with van der Waals surface area (Å²) in [5.41, 5.74) is 0. The molecule has 1 aromatic rings. The molecule has 0 aliphatic carbocycles. The van der Waals surface area contributed by atoms with Crippen molar-refractivity contribution in [3.8, 4) is 0 Å². The zero-order valence-electron chi connectivity index (χ0n) is 13.5. The van der Waals surface area contributed by atoms with Gasteiger partial charge in [-0.1, -0.05) is 6.07 Å². The molecule has 1 aliphatic rings. The minimum atomic E-state index is 0. The number of anilines is 1. The molecule has 1 aliphatic heterocycles. The molecule has 0 spiro atoms. The van der Waals surface area contributed by atoms with Gasteiger partial charge < -0.3 is 15.1 Å². The number of amides is 1. The van der Waals surface area contributed by atoms with Crippen LogP contribution in [0.5, 0.6) is 0 Å². The normalized spacial score (nSPS) is 15.3. The van der Waals surface area contributed by atoms with Crippen molar-refractivity contribution in [1.82, 2.24) is 15.2 Å². The average Bonchev–Trinajstić information content (AvgIpc) is 2.54. The van der Waals surface area contributed by atoms with Gasteiger partial charge in [-0.25, -0.2) is 4.98 Å². The Labute approximate surface area is 139 Å². The molecule has 124 valence electrons. The summed E-state index contributed by atoms with van der Waals surface area (Å²) in [6.45, 7) is 6.21. The Morgan fingerprint density at radius 1 is 1.41 bits per heavy atom. The van der Waals surface area contributed by atoms with Gasteiger partial charge in [0.1, 0.15) is 5.82 Å². The van der Waals surface area contributed by atoms with Crippen LogP contribution in [-0.2, 0) is 4.79 Å². The van der Waals surface area contributed by atoms with Gasteiger partial charge in [-0.05, 0) is 44.9 Å². The molecule has 0 saturated carbocycles. The smallest absolute Gasteiger partial charge is 0.236 e. The number of carbonyl (C=O) groups is 1. The summed E-state index contributed by atoms with van der Waals surface area (Å²) >= 11 is 0. The molecule has 6 heteroatoms. The number of carbonyl (C=O) groups excluding carboxylic acids is 1. The van der Waals surface area contributed by atoms with E-state index in [1.54, 1.807) is 0 Å². The number of nitrogens with zero attached hydrogens (tertiary/aromatic N) is 3. The second kappa shape index (κ2) is 9.64. The maximum absolute atomic E-state index is 12.0. The van der Waals surface area contributed by atoms with E-state index in [0.717, 1.165) is 44.8 Å². The number of rotatable bonds is 6. The van der Waals surface area contributed by atoms with Crippen molar-refractivity contribution in [2.45, 2.75) is 19.8 Å². The topological polar surface area (TPSA) is 48.5 Å². The van der Waals surface area contributed by atoms with Crippen LogP contribution in [0, 0.1) is 5.92 Å². The Bertz CT molecular complexity index is 435.